The predicted octanol–water partition coefficient (Wildman–Crippen LogP) is 2.33. The first-order valence-corrected chi connectivity index (χ1v) is 8.50. The van der Waals surface area contributed by atoms with Crippen LogP contribution in [0.2, 0.25) is 0 Å². The molecule has 0 radical (unpaired) electrons. The second-order valence-corrected chi connectivity index (χ2v) is 6.31. The SMILES string of the molecule is CC(CO)CNC(=O)C(C#N)=Cc1ccc(N2CCCCC2)cc1. The van der Waals surface area contributed by atoms with Crippen LogP contribution in [0, 0.1) is 17.2 Å². The fourth-order valence-electron chi connectivity index (χ4n) is 2.68. The maximum Gasteiger partial charge on any atom is 0.261 e. The van der Waals surface area contributed by atoms with Gasteiger partial charge in [-0.15, -0.1) is 0 Å². The van der Waals surface area contributed by atoms with Gasteiger partial charge >= 0.3 is 0 Å². The maximum absolute atomic E-state index is 12.0. The molecule has 5 heteroatoms. The van der Waals surface area contributed by atoms with Gasteiger partial charge in [0.05, 0.1) is 0 Å². The van der Waals surface area contributed by atoms with E-state index in [1.807, 2.05) is 37.3 Å². The Morgan fingerprint density at radius 3 is 2.58 bits per heavy atom. The molecule has 0 aromatic heterocycles. The number of anilines is 1. The normalized spacial score (nSPS) is 16.4. The van der Waals surface area contributed by atoms with Crippen molar-refractivity contribution in [3.8, 4) is 6.07 Å². The van der Waals surface area contributed by atoms with Gasteiger partial charge in [-0.3, -0.25) is 4.79 Å². The number of piperidine rings is 1. The molecule has 128 valence electrons. The summed E-state index contributed by atoms with van der Waals surface area (Å²) in [6, 6.07) is 9.90. The number of carbonyl (C=O) groups excluding carboxylic acids is 1. The summed E-state index contributed by atoms with van der Waals surface area (Å²) in [7, 11) is 0. The third kappa shape index (κ3) is 5.10. The van der Waals surface area contributed by atoms with Crippen LogP contribution >= 0.6 is 0 Å². The van der Waals surface area contributed by atoms with Crippen LogP contribution in [-0.4, -0.2) is 37.3 Å². The Balaban J connectivity index is 2.02. The van der Waals surface area contributed by atoms with E-state index in [9.17, 15) is 10.1 Å². The first kappa shape index (κ1) is 18.0. The molecule has 1 unspecified atom stereocenters. The van der Waals surface area contributed by atoms with Gasteiger partial charge in [0.15, 0.2) is 0 Å². The predicted molar refractivity (Wildman–Crippen MR) is 95.4 cm³/mol. The molecule has 1 amide bonds. The Kier molecular flexibility index (Phi) is 6.83. The van der Waals surface area contributed by atoms with Gasteiger partial charge in [-0.1, -0.05) is 19.1 Å². The second kappa shape index (κ2) is 9.09. The van der Waals surface area contributed by atoms with Crippen LogP contribution in [0.15, 0.2) is 29.8 Å². The van der Waals surface area contributed by atoms with Crippen molar-refractivity contribution in [2.75, 3.05) is 31.1 Å². The van der Waals surface area contributed by atoms with E-state index in [1.165, 1.54) is 24.9 Å². The van der Waals surface area contributed by atoms with Gasteiger partial charge in [0.25, 0.3) is 5.91 Å². The third-order valence-electron chi connectivity index (χ3n) is 4.21. The Labute approximate surface area is 143 Å². The summed E-state index contributed by atoms with van der Waals surface area (Å²) < 4.78 is 0. The molecule has 0 bridgehead atoms. The number of aliphatic hydroxyl groups is 1. The van der Waals surface area contributed by atoms with Gasteiger partial charge in [0.2, 0.25) is 0 Å². The van der Waals surface area contributed by atoms with E-state index < -0.39 is 5.91 Å². The lowest BCUT2D eigenvalue weighted by molar-refractivity contribution is -0.117. The van der Waals surface area contributed by atoms with Crippen LogP contribution in [0.4, 0.5) is 5.69 Å². The zero-order valence-corrected chi connectivity index (χ0v) is 14.2. The summed E-state index contributed by atoms with van der Waals surface area (Å²) in [5, 5.41) is 20.8. The lowest BCUT2D eigenvalue weighted by Crippen LogP contribution is -2.30. The van der Waals surface area contributed by atoms with Crippen molar-refractivity contribution in [3.05, 3.63) is 35.4 Å². The highest BCUT2D eigenvalue weighted by molar-refractivity contribution is 6.01. The molecule has 2 rings (SSSR count). The van der Waals surface area contributed by atoms with Crippen LogP contribution in [0.5, 0.6) is 0 Å². The van der Waals surface area contributed by atoms with Gasteiger partial charge < -0.3 is 15.3 Å². The van der Waals surface area contributed by atoms with Crippen molar-refractivity contribution in [3.63, 3.8) is 0 Å². The van der Waals surface area contributed by atoms with Crippen LogP contribution < -0.4 is 10.2 Å². The van der Waals surface area contributed by atoms with E-state index in [2.05, 4.69) is 10.2 Å². The topological polar surface area (TPSA) is 76.4 Å². The molecule has 2 N–H and O–H groups in total. The van der Waals surface area contributed by atoms with Gasteiger partial charge in [0.1, 0.15) is 11.6 Å². The van der Waals surface area contributed by atoms with Crippen molar-refractivity contribution < 1.29 is 9.90 Å². The summed E-state index contributed by atoms with van der Waals surface area (Å²) in [6.07, 6.45) is 5.35. The molecule has 5 nitrogen and oxygen atoms in total. The number of aliphatic hydroxyl groups excluding tert-OH is 1. The molecule has 1 aromatic rings. The summed E-state index contributed by atoms with van der Waals surface area (Å²) in [4.78, 5) is 14.4. The minimum absolute atomic E-state index is 0.00381. The minimum Gasteiger partial charge on any atom is -0.396 e. The molecule has 1 aromatic carbocycles. The van der Waals surface area contributed by atoms with Crippen LogP contribution in [0.3, 0.4) is 0 Å². The number of nitrogens with one attached hydrogen (secondary N) is 1. The first-order valence-electron chi connectivity index (χ1n) is 8.50. The molecular weight excluding hydrogens is 302 g/mol. The molecule has 1 atom stereocenters. The molecular formula is C19H25N3O2. The van der Waals surface area contributed by atoms with Crippen LogP contribution in [0.25, 0.3) is 6.08 Å². The minimum atomic E-state index is -0.405. The largest absolute Gasteiger partial charge is 0.396 e. The number of nitriles is 1. The Morgan fingerprint density at radius 2 is 2.00 bits per heavy atom. The molecule has 0 saturated carbocycles. The van der Waals surface area contributed by atoms with Crippen molar-refractivity contribution in [2.24, 2.45) is 5.92 Å². The molecule has 1 aliphatic heterocycles. The quantitative estimate of drug-likeness (QED) is 0.621. The van der Waals surface area contributed by atoms with Crippen LogP contribution in [-0.2, 0) is 4.79 Å². The van der Waals surface area contributed by atoms with Gasteiger partial charge in [-0.25, -0.2) is 0 Å². The van der Waals surface area contributed by atoms with E-state index in [0.29, 0.717) is 6.54 Å². The van der Waals surface area contributed by atoms with E-state index in [1.54, 1.807) is 6.08 Å². The zero-order chi connectivity index (χ0) is 17.4. The van der Waals surface area contributed by atoms with Gasteiger partial charge in [0, 0.05) is 31.9 Å². The number of nitrogens with zero attached hydrogens (tertiary/aromatic N) is 2. The Morgan fingerprint density at radius 1 is 1.33 bits per heavy atom. The average molecular weight is 327 g/mol. The first-order chi connectivity index (χ1) is 11.6. The molecule has 1 fully saturated rings. The number of hydrogen-bond donors (Lipinski definition) is 2. The lowest BCUT2D eigenvalue weighted by atomic mass is 10.1. The van der Waals surface area contributed by atoms with E-state index >= 15 is 0 Å². The number of rotatable bonds is 6. The van der Waals surface area contributed by atoms with Crippen molar-refractivity contribution in [1.29, 1.82) is 5.26 Å². The fraction of sp³-hybridized carbons (Fsp3) is 0.474. The Hall–Kier alpha value is -2.32. The molecule has 1 saturated heterocycles. The smallest absolute Gasteiger partial charge is 0.261 e. The fourth-order valence-corrected chi connectivity index (χ4v) is 2.68. The molecule has 0 aliphatic carbocycles. The summed E-state index contributed by atoms with van der Waals surface area (Å²) in [5.74, 6) is -0.435. The maximum atomic E-state index is 12.0. The molecule has 1 heterocycles. The second-order valence-electron chi connectivity index (χ2n) is 6.31. The monoisotopic (exact) mass is 327 g/mol. The summed E-state index contributed by atoms with van der Waals surface area (Å²) in [6.45, 7) is 4.36. The van der Waals surface area contributed by atoms with E-state index in [4.69, 9.17) is 5.11 Å². The van der Waals surface area contributed by atoms with Crippen LogP contribution in [0.1, 0.15) is 31.7 Å². The van der Waals surface area contributed by atoms with E-state index in [-0.39, 0.29) is 18.1 Å². The van der Waals surface area contributed by atoms with Crippen molar-refractivity contribution >= 4 is 17.7 Å². The molecule has 0 spiro atoms. The third-order valence-corrected chi connectivity index (χ3v) is 4.21. The zero-order valence-electron chi connectivity index (χ0n) is 14.2. The number of carbonyl (C=O) groups is 1. The van der Waals surface area contributed by atoms with E-state index in [0.717, 1.165) is 18.7 Å². The molecule has 1 aliphatic rings. The Bertz CT molecular complexity index is 610. The lowest BCUT2D eigenvalue weighted by Gasteiger charge is -2.28. The molecule has 24 heavy (non-hydrogen) atoms. The van der Waals surface area contributed by atoms with Gasteiger partial charge in [-0.2, -0.15) is 5.26 Å². The highest BCUT2D eigenvalue weighted by Crippen LogP contribution is 2.21. The number of amides is 1. The standard InChI is InChI=1S/C19H25N3O2/c1-15(14-23)13-21-19(24)17(12-20)11-16-5-7-18(8-6-16)22-9-3-2-4-10-22/h5-8,11,15,23H,2-4,9-10,13-14H2,1H3,(H,21,24). The van der Waals surface area contributed by atoms with Crippen molar-refractivity contribution in [2.45, 2.75) is 26.2 Å². The number of benzene rings is 1. The highest BCUT2D eigenvalue weighted by atomic mass is 16.3. The average Bonchev–Trinajstić information content (AvgIpc) is 2.65. The summed E-state index contributed by atoms with van der Waals surface area (Å²) >= 11 is 0. The van der Waals surface area contributed by atoms with Gasteiger partial charge in [-0.05, 0) is 49.0 Å². The summed E-state index contributed by atoms with van der Waals surface area (Å²) in [5.41, 5.74) is 2.09. The highest BCUT2D eigenvalue weighted by Gasteiger charge is 2.12. The number of hydrogen-bond acceptors (Lipinski definition) is 4. The van der Waals surface area contributed by atoms with Crippen molar-refractivity contribution in [1.82, 2.24) is 5.32 Å².